The van der Waals surface area contributed by atoms with Gasteiger partial charge in [0.05, 0.1) is 18.8 Å². The molecule has 0 spiro atoms. The van der Waals surface area contributed by atoms with Crippen molar-refractivity contribution in [2.45, 2.75) is 32.8 Å². The van der Waals surface area contributed by atoms with Crippen molar-refractivity contribution in [3.63, 3.8) is 0 Å². The molecule has 1 amide bonds. The Bertz CT molecular complexity index is 189. The van der Waals surface area contributed by atoms with E-state index in [9.17, 15) is 4.79 Å². The Kier molecular flexibility index (Phi) is 8.15. The first kappa shape index (κ1) is 15.3. The van der Waals surface area contributed by atoms with Crippen molar-refractivity contribution >= 4 is 5.91 Å². The molecule has 16 heavy (non-hydrogen) atoms. The number of rotatable bonds is 8. The lowest BCUT2D eigenvalue weighted by Gasteiger charge is -2.18. The Morgan fingerprint density at radius 2 is 2.00 bits per heavy atom. The minimum Gasteiger partial charge on any atom is -0.394 e. The molecule has 2 N–H and O–H groups in total. The third-order valence-electron chi connectivity index (χ3n) is 1.66. The SMILES string of the molecule is CC(C)(C)OCC(=O)NCCCOCCO. The molecule has 0 radical (unpaired) electrons. The number of hydrogen-bond acceptors (Lipinski definition) is 4. The van der Waals surface area contributed by atoms with Crippen LogP contribution in [0.3, 0.4) is 0 Å². The number of carbonyl (C=O) groups excluding carboxylic acids is 1. The molecule has 0 saturated heterocycles. The smallest absolute Gasteiger partial charge is 0.246 e. The Morgan fingerprint density at radius 3 is 2.56 bits per heavy atom. The highest BCUT2D eigenvalue weighted by Crippen LogP contribution is 2.05. The molecule has 0 aliphatic carbocycles. The van der Waals surface area contributed by atoms with E-state index in [1.54, 1.807) is 0 Å². The van der Waals surface area contributed by atoms with Crippen molar-refractivity contribution in [1.82, 2.24) is 5.32 Å². The Hall–Kier alpha value is -0.650. The number of hydrogen-bond donors (Lipinski definition) is 2. The first-order chi connectivity index (χ1) is 7.45. The molecular formula is C11H23NO4. The highest BCUT2D eigenvalue weighted by Gasteiger charge is 2.12. The van der Waals surface area contributed by atoms with Gasteiger partial charge in [0.15, 0.2) is 0 Å². The second-order valence-electron chi connectivity index (χ2n) is 4.44. The van der Waals surface area contributed by atoms with E-state index < -0.39 is 0 Å². The van der Waals surface area contributed by atoms with Crippen molar-refractivity contribution < 1.29 is 19.4 Å². The zero-order valence-electron chi connectivity index (χ0n) is 10.4. The summed E-state index contributed by atoms with van der Waals surface area (Å²) in [6.07, 6.45) is 0.737. The molecular weight excluding hydrogens is 210 g/mol. The van der Waals surface area contributed by atoms with E-state index in [1.165, 1.54) is 0 Å². The van der Waals surface area contributed by atoms with Crippen LogP contribution in [0, 0.1) is 0 Å². The molecule has 0 atom stereocenters. The molecule has 0 aromatic carbocycles. The third kappa shape index (κ3) is 11.4. The fourth-order valence-corrected chi connectivity index (χ4v) is 0.902. The summed E-state index contributed by atoms with van der Waals surface area (Å²) in [7, 11) is 0. The summed E-state index contributed by atoms with van der Waals surface area (Å²) >= 11 is 0. The molecule has 0 saturated carbocycles. The summed E-state index contributed by atoms with van der Waals surface area (Å²) in [6, 6.07) is 0. The van der Waals surface area contributed by atoms with Crippen LogP contribution in [0.2, 0.25) is 0 Å². The second kappa shape index (κ2) is 8.50. The van der Waals surface area contributed by atoms with E-state index >= 15 is 0 Å². The van der Waals surface area contributed by atoms with Crippen LogP contribution in [0.1, 0.15) is 27.2 Å². The van der Waals surface area contributed by atoms with E-state index in [-0.39, 0.29) is 24.7 Å². The Labute approximate surface area is 97.1 Å². The van der Waals surface area contributed by atoms with Crippen molar-refractivity contribution in [1.29, 1.82) is 0 Å². The predicted molar refractivity (Wildman–Crippen MR) is 61.2 cm³/mol. The Balaban J connectivity index is 3.31. The van der Waals surface area contributed by atoms with Crippen molar-refractivity contribution in [3.8, 4) is 0 Å². The van der Waals surface area contributed by atoms with Gasteiger partial charge in [-0.25, -0.2) is 0 Å². The van der Waals surface area contributed by atoms with Crippen LogP contribution in [0.25, 0.3) is 0 Å². The molecule has 0 aromatic heterocycles. The van der Waals surface area contributed by atoms with Gasteiger partial charge in [-0.3, -0.25) is 4.79 Å². The first-order valence-electron chi connectivity index (χ1n) is 5.55. The molecule has 0 aliphatic rings. The summed E-state index contributed by atoms with van der Waals surface area (Å²) in [4.78, 5) is 11.3. The van der Waals surface area contributed by atoms with Crippen LogP contribution >= 0.6 is 0 Å². The number of amides is 1. The van der Waals surface area contributed by atoms with E-state index in [0.717, 1.165) is 6.42 Å². The summed E-state index contributed by atoms with van der Waals surface area (Å²) in [6.45, 7) is 7.29. The highest BCUT2D eigenvalue weighted by molar-refractivity contribution is 5.77. The highest BCUT2D eigenvalue weighted by atomic mass is 16.5. The van der Waals surface area contributed by atoms with E-state index in [1.807, 2.05) is 20.8 Å². The zero-order valence-corrected chi connectivity index (χ0v) is 10.4. The lowest BCUT2D eigenvalue weighted by Crippen LogP contribution is -2.33. The minimum absolute atomic E-state index is 0.0335. The predicted octanol–water partition coefficient (Wildman–Crippen LogP) is 0.317. The number of carbonyl (C=O) groups is 1. The van der Waals surface area contributed by atoms with Crippen LogP contribution < -0.4 is 5.32 Å². The summed E-state index contributed by atoms with van der Waals surface area (Å²) < 4.78 is 10.4. The minimum atomic E-state index is -0.290. The van der Waals surface area contributed by atoms with Crippen LogP contribution in [0.15, 0.2) is 0 Å². The van der Waals surface area contributed by atoms with Crippen molar-refractivity contribution in [3.05, 3.63) is 0 Å². The number of nitrogens with one attached hydrogen (secondary N) is 1. The van der Waals surface area contributed by atoms with Crippen molar-refractivity contribution in [2.75, 3.05) is 33.0 Å². The van der Waals surface area contributed by atoms with E-state index in [4.69, 9.17) is 14.6 Å². The average Bonchev–Trinajstić information content (AvgIpc) is 2.19. The maximum Gasteiger partial charge on any atom is 0.246 e. The maximum absolute atomic E-state index is 11.3. The van der Waals surface area contributed by atoms with Gasteiger partial charge in [-0.2, -0.15) is 0 Å². The van der Waals surface area contributed by atoms with E-state index in [0.29, 0.717) is 19.8 Å². The van der Waals surface area contributed by atoms with Gasteiger partial charge in [0, 0.05) is 13.2 Å². The van der Waals surface area contributed by atoms with Crippen molar-refractivity contribution in [2.24, 2.45) is 0 Å². The quantitative estimate of drug-likeness (QED) is 0.592. The van der Waals surface area contributed by atoms with Gasteiger partial charge in [0.25, 0.3) is 0 Å². The molecule has 5 heteroatoms. The summed E-state index contributed by atoms with van der Waals surface area (Å²) in [5.74, 6) is -0.114. The standard InChI is InChI=1S/C11H23NO4/c1-11(2,3)16-9-10(14)12-5-4-7-15-8-6-13/h13H,4-9H2,1-3H3,(H,12,14). The van der Waals surface area contributed by atoms with E-state index in [2.05, 4.69) is 5.32 Å². The molecule has 0 aliphatic heterocycles. The molecule has 96 valence electrons. The second-order valence-corrected chi connectivity index (χ2v) is 4.44. The maximum atomic E-state index is 11.3. The fraction of sp³-hybridized carbons (Fsp3) is 0.909. The average molecular weight is 233 g/mol. The monoisotopic (exact) mass is 233 g/mol. The fourth-order valence-electron chi connectivity index (χ4n) is 0.902. The van der Waals surface area contributed by atoms with Crippen LogP contribution in [-0.4, -0.2) is 49.6 Å². The molecule has 0 bridgehead atoms. The normalized spacial score (nSPS) is 11.5. The Morgan fingerprint density at radius 1 is 1.31 bits per heavy atom. The lowest BCUT2D eigenvalue weighted by molar-refractivity contribution is -0.130. The van der Waals surface area contributed by atoms with Gasteiger partial charge in [-0.05, 0) is 27.2 Å². The van der Waals surface area contributed by atoms with Crippen LogP contribution in [0.5, 0.6) is 0 Å². The van der Waals surface area contributed by atoms with Gasteiger partial charge in [0.2, 0.25) is 5.91 Å². The number of aliphatic hydroxyl groups excluding tert-OH is 1. The van der Waals surface area contributed by atoms with Gasteiger partial charge < -0.3 is 19.9 Å². The van der Waals surface area contributed by atoms with Gasteiger partial charge >= 0.3 is 0 Å². The number of aliphatic hydroxyl groups is 1. The first-order valence-corrected chi connectivity index (χ1v) is 5.55. The third-order valence-corrected chi connectivity index (χ3v) is 1.66. The summed E-state index contributed by atoms with van der Waals surface area (Å²) in [5, 5.41) is 11.2. The molecule has 0 rings (SSSR count). The molecule has 0 fully saturated rings. The van der Waals surface area contributed by atoms with Gasteiger partial charge in [0.1, 0.15) is 6.61 Å². The zero-order chi connectivity index (χ0) is 12.4. The largest absolute Gasteiger partial charge is 0.394 e. The molecule has 5 nitrogen and oxygen atoms in total. The topological polar surface area (TPSA) is 67.8 Å². The van der Waals surface area contributed by atoms with Gasteiger partial charge in [-0.15, -0.1) is 0 Å². The molecule has 0 unspecified atom stereocenters. The summed E-state index contributed by atoms with van der Waals surface area (Å²) in [5.41, 5.74) is -0.290. The molecule has 0 aromatic rings. The number of ether oxygens (including phenoxy) is 2. The van der Waals surface area contributed by atoms with Crippen LogP contribution in [-0.2, 0) is 14.3 Å². The van der Waals surface area contributed by atoms with Gasteiger partial charge in [-0.1, -0.05) is 0 Å². The van der Waals surface area contributed by atoms with Crippen LogP contribution in [0.4, 0.5) is 0 Å². The lowest BCUT2D eigenvalue weighted by atomic mass is 10.2. The molecule has 0 heterocycles.